The molecule has 0 heterocycles. The van der Waals surface area contributed by atoms with Crippen LogP contribution in [-0.2, 0) is 14.8 Å². The van der Waals surface area contributed by atoms with E-state index in [4.69, 9.17) is 5.11 Å². The molecule has 1 saturated carbocycles. The van der Waals surface area contributed by atoms with Crippen molar-refractivity contribution < 1.29 is 18.3 Å². The molecule has 88 valence electrons. The summed E-state index contributed by atoms with van der Waals surface area (Å²) in [6.07, 6.45) is 1.59. The molecule has 0 aromatic rings. The van der Waals surface area contributed by atoms with Crippen LogP contribution in [0, 0.1) is 11.8 Å². The number of aliphatic carboxylic acids is 1. The maximum Gasteiger partial charge on any atom is 0.322 e. The van der Waals surface area contributed by atoms with Crippen LogP contribution in [0.1, 0.15) is 26.7 Å². The lowest BCUT2D eigenvalue weighted by molar-refractivity contribution is -0.139. The lowest BCUT2D eigenvalue weighted by Crippen LogP contribution is -2.43. The van der Waals surface area contributed by atoms with Gasteiger partial charge in [0.1, 0.15) is 6.04 Å². The van der Waals surface area contributed by atoms with Gasteiger partial charge in [0.05, 0.1) is 5.75 Å². The highest BCUT2D eigenvalue weighted by Gasteiger charge is 2.38. The van der Waals surface area contributed by atoms with Crippen molar-refractivity contribution in [2.75, 3.05) is 5.75 Å². The molecule has 0 aromatic carbocycles. The van der Waals surface area contributed by atoms with E-state index in [2.05, 4.69) is 4.72 Å². The Hall–Kier alpha value is -0.620. The predicted octanol–water partition coefficient (Wildman–Crippen LogP) is 0.425. The number of sulfonamides is 1. The third kappa shape index (κ3) is 4.17. The highest BCUT2D eigenvalue weighted by molar-refractivity contribution is 7.89. The number of carboxylic acids is 1. The van der Waals surface area contributed by atoms with Gasteiger partial charge in [0.15, 0.2) is 0 Å². The topological polar surface area (TPSA) is 83.5 Å². The maximum atomic E-state index is 11.5. The molecule has 1 aliphatic rings. The van der Waals surface area contributed by atoms with Gasteiger partial charge in [-0.05, 0) is 24.7 Å². The monoisotopic (exact) mass is 235 g/mol. The molecular weight excluding hydrogens is 218 g/mol. The van der Waals surface area contributed by atoms with Gasteiger partial charge in [-0.3, -0.25) is 4.79 Å². The van der Waals surface area contributed by atoms with Crippen molar-refractivity contribution in [3.05, 3.63) is 0 Å². The van der Waals surface area contributed by atoms with Crippen molar-refractivity contribution >= 4 is 16.0 Å². The molecule has 0 spiro atoms. The van der Waals surface area contributed by atoms with E-state index in [1.54, 1.807) is 13.8 Å². The lowest BCUT2D eigenvalue weighted by Gasteiger charge is -2.14. The highest BCUT2D eigenvalue weighted by Crippen LogP contribution is 2.33. The number of hydrogen-bond acceptors (Lipinski definition) is 3. The van der Waals surface area contributed by atoms with Crippen LogP contribution < -0.4 is 4.72 Å². The molecule has 0 saturated heterocycles. The average Bonchev–Trinajstić information content (AvgIpc) is 2.79. The Balaban J connectivity index is 2.61. The van der Waals surface area contributed by atoms with E-state index in [0.717, 1.165) is 12.8 Å². The van der Waals surface area contributed by atoms with Crippen molar-refractivity contribution in [2.45, 2.75) is 32.7 Å². The van der Waals surface area contributed by atoms with Crippen molar-refractivity contribution in [1.82, 2.24) is 4.72 Å². The third-order valence-electron chi connectivity index (χ3n) is 2.22. The molecule has 0 aromatic heterocycles. The second-order valence-electron chi connectivity index (χ2n) is 4.45. The number of carbonyl (C=O) groups is 1. The summed E-state index contributed by atoms with van der Waals surface area (Å²) in [4.78, 5) is 10.8. The molecule has 1 unspecified atom stereocenters. The number of carboxylic acid groups (broad SMARTS) is 1. The summed E-state index contributed by atoms with van der Waals surface area (Å²) in [5.41, 5.74) is 0. The summed E-state index contributed by atoms with van der Waals surface area (Å²) < 4.78 is 25.3. The fraction of sp³-hybridized carbons (Fsp3) is 0.889. The Morgan fingerprint density at radius 3 is 2.33 bits per heavy atom. The van der Waals surface area contributed by atoms with E-state index in [1.807, 2.05) is 0 Å². The van der Waals surface area contributed by atoms with Crippen molar-refractivity contribution in [1.29, 1.82) is 0 Å². The zero-order valence-corrected chi connectivity index (χ0v) is 9.75. The Labute approximate surface area is 89.9 Å². The Morgan fingerprint density at radius 1 is 1.47 bits per heavy atom. The van der Waals surface area contributed by atoms with Crippen LogP contribution in [0.3, 0.4) is 0 Å². The largest absolute Gasteiger partial charge is 0.480 e. The fourth-order valence-electron chi connectivity index (χ4n) is 1.46. The number of nitrogens with one attached hydrogen (secondary N) is 1. The van der Waals surface area contributed by atoms with Gasteiger partial charge < -0.3 is 5.11 Å². The van der Waals surface area contributed by atoms with Gasteiger partial charge in [0, 0.05) is 0 Å². The summed E-state index contributed by atoms with van der Waals surface area (Å²) in [6, 6.07) is -0.936. The minimum absolute atomic E-state index is 0.00357. The molecule has 6 heteroatoms. The van der Waals surface area contributed by atoms with Crippen LogP contribution in [0.5, 0.6) is 0 Å². The second-order valence-corrected chi connectivity index (χ2v) is 6.24. The molecule has 1 fully saturated rings. The minimum Gasteiger partial charge on any atom is -0.480 e. The Bertz CT molecular complexity index is 332. The molecule has 0 radical (unpaired) electrons. The fourth-order valence-corrected chi connectivity index (χ4v) is 3.11. The van der Waals surface area contributed by atoms with Gasteiger partial charge >= 0.3 is 5.97 Å². The molecule has 0 bridgehead atoms. The van der Waals surface area contributed by atoms with Gasteiger partial charge in [0.2, 0.25) is 10.0 Å². The first-order valence-electron chi connectivity index (χ1n) is 5.04. The molecule has 5 nitrogen and oxygen atoms in total. The summed E-state index contributed by atoms with van der Waals surface area (Å²) >= 11 is 0. The zero-order chi connectivity index (χ0) is 11.6. The van der Waals surface area contributed by atoms with Gasteiger partial charge in [-0.25, -0.2) is 13.1 Å². The van der Waals surface area contributed by atoms with E-state index in [0.29, 0.717) is 0 Å². The van der Waals surface area contributed by atoms with Crippen molar-refractivity contribution in [2.24, 2.45) is 11.8 Å². The summed E-state index contributed by atoms with van der Waals surface area (Å²) in [5.74, 6) is -1.13. The van der Waals surface area contributed by atoms with Gasteiger partial charge in [-0.1, -0.05) is 13.8 Å². The van der Waals surface area contributed by atoms with Crippen molar-refractivity contribution in [3.63, 3.8) is 0 Å². The third-order valence-corrected chi connectivity index (χ3v) is 3.94. The van der Waals surface area contributed by atoms with Gasteiger partial charge in [-0.15, -0.1) is 0 Å². The number of hydrogen-bond donors (Lipinski definition) is 2. The smallest absolute Gasteiger partial charge is 0.322 e. The zero-order valence-electron chi connectivity index (χ0n) is 8.93. The quantitative estimate of drug-likeness (QED) is 0.699. The molecule has 1 aliphatic carbocycles. The normalized spacial score (nSPS) is 19.1. The number of rotatable bonds is 6. The molecule has 2 N–H and O–H groups in total. The van der Waals surface area contributed by atoms with Crippen LogP contribution in [0.25, 0.3) is 0 Å². The molecule has 0 aliphatic heterocycles. The summed E-state index contributed by atoms with van der Waals surface area (Å²) in [7, 11) is -3.46. The molecule has 1 rings (SSSR count). The standard InChI is InChI=1S/C9H17NO4S/c1-6(2)5-15(13,14)10-8(9(11)12)7-3-4-7/h6-8,10H,3-5H2,1-2H3,(H,11,12). The Morgan fingerprint density at radius 2 is 2.00 bits per heavy atom. The first-order chi connectivity index (χ1) is 6.82. The maximum absolute atomic E-state index is 11.5. The van der Waals surface area contributed by atoms with Crippen LogP contribution in [0.4, 0.5) is 0 Å². The van der Waals surface area contributed by atoms with Crippen LogP contribution in [0.2, 0.25) is 0 Å². The minimum atomic E-state index is -3.46. The van der Waals surface area contributed by atoms with E-state index in [1.165, 1.54) is 0 Å². The first kappa shape index (κ1) is 12.4. The SMILES string of the molecule is CC(C)CS(=O)(=O)NC(C(=O)O)C1CC1. The summed E-state index contributed by atoms with van der Waals surface area (Å²) in [6.45, 7) is 3.57. The van der Waals surface area contributed by atoms with Crippen LogP contribution in [0.15, 0.2) is 0 Å². The average molecular weight is 235 g/mol. The van der Waals surface area contributed by atoms with Crippen LogP contribution in [-0.4, -0.2) is 31.3 Å². The summed E-state index contributed by atoms with van der Waals surface area (Å²) in [5, 5.41) is 8.85. The second kappa shape index (κ2) is 4.49. The van der Waals surface area contributed by atoms with E-state index in [-0.39, 0.29) is 17.6 Å². The van der Waals surface area contributed by atoms with Gasteiger partial charge in [0.25, 0.3) is 0 Å². The highest BCUT2D eigenvalue weighted by atomic mass is 32.2. The van der Waals surface area contributed by atoms with E-state index in [9.17, 15) is 13.2 Å². The molecule has 1 atom stereocenters. The lowest BCUT2D eigenvalue weighted by atomic mass is 10.2. The van der Waals surface area contributed by atoms with Crippen molar-refractivity contribution in [3.8, 4) is 0 Å². The molecular formula is C9H17NO4S. The van der Waals surface area contributed by atoms with E-state index >= 15 is 0 Å². The molecule has 15 heavy (non-hydrogen) atoms. The predicted molar refractivity (Wildman–Crippen MR) is 55.9 cm³/mol. The Kier molecular flexibility index (Phi) is 3.72. The first-order valence-corrected chi connectivity index (χ1v) is 6.70. The van der Waals surface area contributed by atoms with E-state index < -0.39 is 22.0 Å². The molecule has 0 amide bonds. The van der Waals surface area contributed by atoms with Gasteiger partial charge in [-0.2, -0.15) is 0 Å². The van der Waals surface area contributed by atoms with Crippen LogP contribution >= 0.6 is 0 Å².